The molecule has 160 valence electrons. The van der Waals surface area contributed by atoms with Gasteiger partial charge in [0, 0.05) is 23.3 Å². The standard InChI is InChI=1S/C23H22ClN3O3S/c1-14-6-7-15(13-16(14)24)18-8-9-19(30-18)22-21(17-5-3-4-11-25-17)26-23(31)27(22)12-10-20(28)29-2/h3-9,11,13,21-22H,10,12H2,1-2H3,(H,26,31)/t21-,22-/m1/s1. The van der Waals surface area contributed by atoms with Crippen molar-refractivity contribution in [3.05, 3.63) is 76.8 Å². The SMILES string of the molecule is COC(=O)CCN1C(=S)N[C@H](c2ccccn2)[C@H]1c1ccc(-c2ccc(C)c(Cl)c2)o1. The number of nitrogens with zero attached hydrogens (tertiary/aromatic N) is 2. The van der Waals surface area contributed by atoms with E-state index >= 15 is 0 Å². The highest BCUT2D eigenvalue weighted by Crippen LogP contribution is 2.40. The number of carbonyl (C=O) groups is 1. The van der Waals surface area contributed by atoms with Gasteiger partial charge in [-0.3, -0.25) is 9.78 Å². The summed E-state index contributed by atoms with van der Waals surface area (Å²) in [6, 6.07) is 15.0. The van der Waals surface area contributed by atoms with Crippen molar-refractivity contribution in [2.24, 2.45) is 0 Å². The second-order valence-electron chi connectivity index (χ2n) is 7.31. The van der Waals surface area contributed by atoms with E-state index in [1.165, 1.54) is 7.11 Å². The number of hydrogen-bond donors (Lipinski definition) is 1. The van der Waals surface area contributed by atoms with Crippen LogP contribution in [-0.2, 0) is 9.53 Å². The molecule has 1 aliphatic rings. The number of thiocarbonyl (C=S) groups is 1. The Labute approximate surface area is 191 Å². The van der Waals surface area contributed by atoms with Crippen LogP contribution in [0.15, 0.2) is 59.1 Å². The van der Waals surface area contributed by atoms with Crippen molar-refractivity contribution in [1.82, 2.24) is 15.2 Å². The number of ether oxygens (including phenoxy) is 1. The molecule has 0 saturated carbocycles. The molecular formula is C23H22ClN3O3S. The van der Waals surface area contributed by atoms with Gasteiger partial charge in [0.2, 0.25) is 0 Å². The lowest BCUT2D eigenvalue weighted by Gasteiger charge is -2.25. The molecule has 4 rings (SSSR count). The molecule has 3 heterocycles. The lowest BCUT2D eigenvalue weighted by Crippen LogP contribution is -2.31. The fraction of sp³-hybridized carbons (Fsp3) is 0.261. The van der Waals surface area contributed by atoms with Crippen molar-refractivity contribution in [3.63, 3.8) is 0 Å². The molecule has 1 fully saturated rings. The Morgan fingerprint density at radius 1 is 1.29 bits per heavy atom. The Balaban J connectivity index is 1.69. The molecule has 3 aromatic rings. The van der Waals surface area contributed by atoms with Gasteiger partial charge in [-0.05, 0) is 55.0 Å². The number of carbonyl (C=O) groups excluding carboxylic acids is 1. The summed E-state index contributed by atoms with van der Waals surface area (Å²) in [5.41, 5.74) is 2.74. The van der Waals surface area contributed by atoms with E-state index in [1.807, 2.05) is 60.4 Å². The first-order valence-electron chi connectivity index (χ1n) is 9.89. The molecule has 1 aromatic carbocycles. The maximum atomic E-state index is 11.8. The molecule has 0 bridgehead atoms. The molecule has 0 aliphatic carbocycles. The van der Waals surface area contributed by atoms with Gasteiger partial charge in [-0.2, -0.15) is 0 Å². The minimum absolute atomic E-state index is 0.213. The van der Waals surface area contributed by atoms with Gasteiger partial charge in [-0.1, -0.05) is 29.8 Å². The van der Waals surface area contributed by atoms with E-state index in [2.05, 4.69) is 10.3 Å². The topological polar surface area (TPSA) is 67.6 Å². The molecule has 0 spiro atoms. The van der Waals surface area contributed by atoms with Crippen molar-refractivity contribution >= 4 is 34.9 Å². The van der Waals surface area contributed by atoms with Crippen LogP contribution in [0.4, 0.5) is 0 Å². The summed E-state index contributed by atoms with van der Waals surface area (Å²) >= 11 is 11.9. The van der Waals surface area contributed by atoms with Crippen LogP contribution in [0.3, 0.4) is 0 Å². The first-order valence-corrected chi connectivity index (χ1v) is 10.7. The summed E-state index contributed by atoms with van der Waals surface area (Å²) in [5.74, 6) is 1.14. The van der Waals surface area contributed by atoms with Gasteiger partial charge in [0.1, 0.15) is 17.6 Å². The molecule has 0 radical (unpaired) electrons. The molecule has 1 N–H and O–H groups in total. The van der Waals surface area contributed by atoms with E-state index < -0.39 is 0 Å². The fourth-order valence-electron chi connectivity index (χ4n) is 3.68. The summed E-state index contributed by atoms with van der Waals surface area (Å²) in [6.45, 7) is 2.36. The van der Waals surface area contributed by atoms with Crippen LogP contribution in [0.25, 0.3) is 11.3 Å². The Kier molecular flexibility index (Phi) is 6.25. The Morgan fingerprint density at radius 2 is 2.13 bits per heavy atom. The quantitative estimate of drug-likeness (QED) is 0.421. The summed E-state index contributed by atoms with van der Waals surface area (Å²) in [7, 11) is 1.38. The zero-order valence-electron chi connectivity index (χ0n) is 17.2. The van der Waals surface area contributed by atoms with E-state index in [0.29, 0.717) is 22.4 Å². The number of pyridine rings is 1. The highest BCUT2D eigenvalue weighted by Gasteiger charge is 2.41. The monoisotopic (exact) mass is 455 g/mol. The van der Waals surface area contributed by atoms with Crippen LogP contribution in [0.2, 0.25) is 5.02 Å². The smallest absolute Gasteiger partial charge is 0.307 e. The number of hydrogen-bond acceptors (Lipinski definition) is 5. The zero-order chi connectivity index (χ0) is 22.0. The minimum atomic E-state index is -0.294. The maximum absolute atomic E-state index is 11.8. The molecule has 2 aromatic heterocycles. The third-order valence-electron chi connectivity index (χ3n) is 5.36. The zero-order valence-corrected chi connectivity index (χ0v) is 18.7. The molecule has 1 aliphatic heterocycles. The lowest BCUT2D eigenvalue weighted by molar-refractivity contribution is -0.140. The highest BCUT2D eigenvalue weighted by atomic mass is 35.5. The number of esters is 1. The normalized spacial score (nSPS) is 18.2. The molecule has 0 unspecified atom stereocenters. The number of benzene rings is 1. The van der Waals surface area contributed by atoms with Crippen molar-refractivity contribution < 1.29 is 13.9 Å². The Morgan fingerprint density at radius 3 is 2.84 bits per heavy atom. The summed E-state index contributed by atoms with van der Waals surface area (Å²) in [6.07, 6.45) is 1.96. The van der Waals surface area contributed by atoms with Crippen LogP contribution in [0.5, 0.6) is 0 Å². The van der Waals surface area contributed by atoms with Gasteiger partial charge in [0.05, 0.1) is 25.3 Å². The third kappa shape index (κ3) is 4.43. The molecule has 0 amide bonds. The number of aryl methyl sites for hydroxylation is 1. The number of nitrogens with one attached hydrogen (secondary N) is 1. The van der Waals surface area contributed by atoms with Crippen LogP contribution in [0.1, 0.15) is 35.5 Å². The summed E-state index contributed by atoms with van der Waals surface area (Å²) in [4.78, 5) is 18.2. The second kappa shape index (κ2) is 9.08. The molecular weight excluding hydrogens is 434 g/mol. The third-order valence-corrected chi connectivity index (χ3v) is 6.12. The first-order chi connectivity index (χ1) is 15.0. The largest absolute Gasteiger partial charge is 0.469 e. The molecule has 31 heavy (non-hydrogen) atoms. The summed E-state index contributed by atoms with van der Waals surface area (Å²) < 4.78 is 11.1. The number of halogens is 1. The van der Waals surface area contributed by atoms with Crippen molar-refractivity contribution in [2.45, 2.75) is 25.4 Å². The fourth-order valence-corrected chi connectivity index (χ4v) is 4.19. The van der Waals surface area contributed by atoms with Gasteiger partial charge in [0.25, 0.3) is 0 Å². The van der Waals surface area contributed by atoms with Gasteiger partial charge < -0.3 is 19.4 Å². The predicted molar refractivity (Wildman–Crippen MR) is 123 cm³/mol. The highest BCUT2D eigenvalue weighted by molar-refractivity contribution is 7.80. The van der Waals surface area contributed by atoms with Crippen LogP contribution in [-0.4, -0.2) is 34.6 Å². The van der Waals surface area contributed by atoms with Crippen molar-refractivity contribution in [1.29, 1.82) is 0 Å². The molecule has 6 nitrogen and oxygen atoms in total. The van der Waals surface area contributed by atoms with Gasteiger partial charge in [-0.15, -0.1) is 0 Å². The molecule has 8 heteroatoms. The van der Waals surface area contributed by atoms with E-state index in [1.54, 1.807) is 6.20 Å². The Hall–Kier alpha value is -2.90. The van der Waals surface area contributed by atoms with E-state index in [-0.39, 0.29) is 24.5 Å². The van der Waals surface area contributed by atoms with Crippen molar-refractivity contribution in [3.8, 4) is 11.3 Å². The van der Waals surface area contributed by atoms with E-state index in [9.17, 15) is 4.79 Å². The predicted octanol–water partition coefficient (Wildman–Crippen LogP) is 4.84. The van der Waals surface area contributed by atoms with Crippen LogP contribution >= 0.6 is 23.8 Å². The van der Waals surface area contributed by atoms with E-state index in [4.69, 9.17) is 33.0 Å². The van der Waals surface area contributed by atoms with Gasteiger partial charge >= 0.3 is 5.97 Å². The number of rotatable bonds is 6. The first kappa shape index (κ1) is 21.3. The molecule has 2 atom stereocenters. The lowest BCUT2D eigenvalue weighted by atomic mass is 10.0. The van der Waals surface area contributed by atoms with Crippen LogP contribution < -0.4 is 5.32 Å². The number of aromatic nitrogens is 1. The maximum Gasteiger partial charge on any atom is 0.307 e. The van der Waals surface area contributed by atoms with Crippen LogP contribution in [0, 0.1) is 6.92 Å². The van der Waals surface area contributed by atoms with Gasteiger partial charge in [0.15, 0.2) is 5.11 Å². The minimum Gasteiger partial charge on any atom is -0.469 e. The Bertz CT molecular complexity index is 1100. The summed E-state index contributed by atoms with van der Waals surface area (Å²) in [5, 5.41) is 4.57. The second-order valence-corrected chi connectivity index (χ2v) is 8.11. The number of methoxy groups -OCH3 is 1. The van der Waals surface area contributed by atoms with Gasteiger partial charge in [-0.25, -0.2) is 0 Å². The van der Waals surface area contributed by atoms with E-state index in [0.717, 1.165) is 22.6 Å². The average Bonchev–Trinajstić information content (AvgIpc) is 3.39. The molecule has 1 saturated heterocycles. The average molecular weight is 456 g/mol. The number of furan rings is 1. The van der Waals surface area contributed by atoms with Crippen molar-refractivity contribution in [2.75, 3.05) is 13.7 Å².